The lowest BCUT2D eigenvalue weighted by Crippen LogP contribution is -2.49. The average molecular weight is 232 g/mol. The van der Waals surface area contributed by atoms with E-state index >= 15 is 0 Å². The van der Waals surface area contributed by atoms with Crippen LogP contribution in [0.3, 0.4) is 0 Å². The summed E-state index contributed by atoms with van der Waals surface area (Å²) >= 11 is 0. The summed E-state index contributed by atoms with van der Waals surface area (Å²) in [4.78, 5) is 2.54. The van der Waals surface area contributed by atoms with Crippen molar-refractivity contribution in [1.82, 2.24) is 4.90 Å². The van der Waals surface area contributed by atoms with Crippen molar-refractivity contribution in [3.8, 4) is 0 Å². The molecule has 0 aliphatic carbocycles. The van der Waals surface area contributed by atoms with Crippen LogP contribution in [0, 0.1) is 5.92 Å². The largest absolute Gasteiger partial charge is 0.329 e. The van der Waals surface area contributed by atoms with Gasteiger partial charge in [-0.05, 0) is 30.4 Å². The smallest absolute Gasteiger partial charge is 0.0313 e. The number of rotatable bonds is 4. The summed E-state index contributed by atoms with van der Waals surface area (Å²) in [5, 5.41) is 0. The molecule has 0 saturated carbocycles. The minimum absolute atomic E-state index is 0.132. The van der Waals surface area contributed by atoms with E-state index in [9.17, 15) is 0 Å². The Hall–Kier alpha value is -0.860. The third-order valence-electron chi connectivity index (χ3n) is 3.89. The molecule has 1 heterocycles. The standard InChI is InChI=1S/C15H24N2/c1-12(2)8-15(3,11-16)17-9-13-6-4-5-7-14(13)10-17/h4-7,12H,8-11,16H2,1-3H3. The van der Waals surface area contributed by atoms with Crippen LogP contribution in [0.4, 0.5) is 0 Å². The molecule has 1 atom stereocenters. The van der Waals surface area contributed by atoms with Crippen molar-refractivity contribution in [3.05, 3.63) is 35.4 Å². The zero-order valence-electron chi connectivity index (χ0n) is 11.2. The lowest BCUT2D eigenvalue weighted by molar-refractivity contribution is 0.0865. The summed E-state index contributed by atoms with van der Waals surface area (Å²) < 4.78 is 0. The van der Waals surface area contributed by atoms with E-state index in [-0.39, 0.29) is 5.54 Å². The van der Waals surface area contributed by atoms with Gasteiger partial charge in [0, 0.05) is 25.2 Å². The van der Waals surface area contributed by atoms with Crippen LogP contribution in [0.5, 0.6) is 0 Å². The SMILES string of the molecule is CC(C)CC(C)(CN)N1Cc2ccccc2C1. The van der Waals surface area contributed by atoms with Crippen LogP contribution in [0.1, 0.15) is 38.3 Å². The van der Waals surface area contributed by atoms with Gasteiger partial charge in [0.05, 0.1) is 0 Å². The Morgan fingerprint density at radius 2 is 1.76 bits per heavy atom. The highest BCUT2D eigenvalue weighted by atomic mass is 15.2. The van der Waals surface area contributed by atoms with E-state index in [2.05, 4.69) is 49.9 Å². The fourth-order valence-corrected chi connectivity index (χ4v) is 2.94. The fourth-order valence-electron chi connectivity index (χ4n) is 2.94. The third kappa shape index (κ3) is 2.53. The van der Waals surface area contributed by atoms with Gasteiger partial charge in [0.25, 0.3) is 0 Å². The van der Waals surface area contributed by atoms with Crippen molar-refractivity contribution in [2.75, 3.05) is 6.54 Å². The van der Waals surface area contributed by atoms with Crippen molar-refractivity contribution in [1.29, 1.82) is 0 Å². The van der Waals surface area contributed by atoms with Gasteiger partial charge >= 0.3 is 0 Å². The normalized spacial score (nSPS) is 19.4. The number of hydrogen-bond acceptors (Lipinski definition) is 2. The Kier molecular flexibility index (Phi) is 3.55. The first kappa shape index (κ1) is 12.6. The number of benzene rings is 1. The highest BCUT2D eigenvalue weighted by molar-refractivity contribution is 5.31. The molecule has 0 spiro atoms. The molecular formula is C15H24N2. The van der Waals surface area contributed by atoms with E-state index in [0.717, 1.165) is 26.1 Å². The van der Waals surface area contributed by atoms with E-state index in [1.165, 1.54) is 11.1 Å². The lowest BCUT2D eigenvalue weighted by atomic mass is 9.89. The molecule has 0 fully saturated rings. The molecule has 0 radical (unpaired) electrons. The maximum atomic E-state index is 6.03. The van der Waals surface area contributed by atoms with Gasteiger partial charge in [0.2, 0.25) is 0 Å². The van der Waals surface area contributed by atoms with E-state index in [0.29, 0.717) is 5.92 Å². The number of hydrogen-bond donors (Lipinski definition) is 1. The highest BCUT2D eigenvalue weighted by Gasteiger charge is 2.34. The van der Waals surface area contributed by atoms with Gasteiger partial charge in [0.1, 0.15) is 0 Å². The third-order valence-corrected chi connectivity index (χ3v) is 3.89. The molecule has 1 aliphatic heterocycles. The Labute approximate surface area is 105 Å². The van der Waals surface area contributed by atoms with E-state index < -0.39 is 0 Å². The molecule has 0 aromatic heterocycles. The number of nitrogens with two attached hydrogens (primary N) is 1. The quantitative estimate of drug-likeness (QED) is 0.865. The molecule has 0 amide bonds. The molecule has 1 aromatic carbocycles. The second-order valence-electron chi connectivity index (χ2n) is 5.92. The van der Waals surface area contributed by atoms with Crippen LogP contribution in [0.15, 0.2) is 24.3 Å². The summed E-state index contributed by atoms with van der Waals surface area (Å²) in [6.07, 6.45) is 1.16. The maximum absolute atomic E-state index is 6.03. The van der Waals surface area contributed by atoms with E-state index in [4.69, 9.17) is 5.73 Å². The van der Waals surface area contributed by atoms with Crippen molar-refractivity contribution in [2.45, 2.75) is 45.8 Å². The monoisotopic (exact) mass is 232 g/mol. The summed E-state index contributed by atoms with van der Waals surface area (Å²) in [7, 11) is 0. The molecule has 94 valence electrons. The molecule has 0 bridgehead atoms. The van der Waals surface area contributed by atoms with Crippen molar-refractivity contribution < 1.29 is 0 Å². The Morgan fingerprint density at radius 3 is 2.18 bits per heavy atom. The first-order valence-corrected chi connectivity index (χ1v) is 6.57. The zero-order chi connectivity index (χ0) is 12.5. The predicted molar refractivity (Wildman–Crippen MR) is 72.6 cm³/mol. The molecule has 1 aliphatic rings. The molecule has 2 rings (SSSR count). The summed E-state index contributed by atoms with van der Waals surface area (Å²) in [6, 6.07) is 8.73. The molecule has 2 N–H and O–H groups in total. The summed E-state index contributed by atoms with van der Waals surface area (Å²) in [5.41, 5.74) is 9.10. The molecule has 1 unspecified atom stereocenters. The average Bonchev–Trinajstić information content (AvgIpc) is 2.72. The topological polar surface area (TPSA) is 29.3 Å². The van der Waals surface area contributed by atoms with Crippen LogP contribution < -0.4 is 5.73 Å². The van der Waals surface area contributed by atoms with Gasteiger partial charge in [-0.1, -0.05) is 38.1 Å². The second kappa shape index (κ2) is 4.79. The first-order chi connectivity index (χ1) is 8.05. The minimum atomic E-state index is 0.132. The molecule has 2 nitrogen and oxygen atoms in total. The molecule has 0 saturated heterocycles. The Bertz CT molecular complexity index is 361. The van der Waals surface area contributed by atoms with Gasteiger partial charge in [0.15, 0.2) is 0 Å². The second-order valence-corrected chi connectivity index (χ2v) is 5.92. The summed E-state index contributed by atoms with van der Waals surface area (Å²) in [6.45, 7) is 9.69. The molecule has 2 heteroatoms. The summed E-state index contributed by atoms with van der Waals surface area (Å²) in [5.74, 6) is 0.687. The number of fused-ring (bicyclic) bond motifs is 1. The fraction of sp³-hybridized carbons (Fsp3) is 0.600. The Morgan fingerprint density at radius 1 is 1.24 bits per heavy atom. The highest BCUT2D eigenvalue weighted by Crippen LogP contribution is 2.32. The van der Waals surface area contributed by atoms with Crippen molar-refractivity contribution >= 4 is 0 Å². The van der Waals surface area contributed by atoms with Gasteiger partial charge in [-0.2, -0.15) is 0 Å². The van der Waals surface area contributed by atoms with Gasteiger partial charge in [-0.3, -0.25) is 4.90 Å². The van der Waals surface area contributed by atoms with Gasteiger partial charge < -0.3 is 5.73 Å². The van der Waals surface area contributed by atoms with Crippen LogP contribution in [0.25, 0.3) is 0 Å². The first-order valence-electron chi connectivity index (χ1n) is 6.57. The Balaban J connectivity index is 2.15. The van der Waals surface area contributed by atoms with Crippen molar-refractivity contribution in [3.63, 3.8) is 0 Å². The van der Waals surface area contributed by atoms with Crippen molar-refractivity contribution in [2.24, 2.45) is 11.7 Å². The van der Waals surface area contributed by atoms with E-state index in [1.54, 1.807) is 0 Å². The van der Waals surface area contributed by atoms with Crippen LogP contribution in [-0.2, 0) is 13.1 Å². The van der Waals surface area contributed by atoms with Gasteiger partial charge in [-0.25, -0.2) is 0 Å². The molecular weight excluding hydrogens is 208 g/mol. The maximum Gasteiger partial charge on any atom is 0.0313 e. The molecule has 1 aromatic rings. The molecule has 17 heavy (non-hydrogen) atoms. The minimum Gasteiger partial charge on any atom is -0.329 e. The zero-order valence-corrected chi connectivity index (χ0v) is 11.2. The van der Waals surface area contributed by atoms with E-state index in [1.807, 2.05) is 0 Å². The predicted octanol–water partition coefficient (Wildman–Crippen LogP) is 2.77. The van der Waals surface area contributed by atoms with Crippen LogP contribution >= 0.6 is 0 Å². The van der Waals surface area contributed by atoms with Gasteiger partial charge in [-0.15, -0.1) is 0 Å². The number of nitrogens with zero attached hydrogens (tertiary/aromatic N) is 1. The van der Waals surface area contributed by atoms with Crippen LogP contribution in [-0.4, -0.2) is 17.0 Å². The van der Waals surface area contributed by atoms with Crippen LogP contribution in [0.2, 0.25) is 0 Å². The lowest BCUT2D eigenvalue weighted by Gasteiger charge is -2.39.